The number of ether oxygens (including phenoxy) is 2. The van der Waals surface area contributed by atoms with Crippen molar-refractivity contribution in [2.45, 2.75) is 25.8 Å². The third kappa shape index (κ3) is 6.01. The average molecular weight is 617 g/mol. The van der Waals surface area contributed by atoms with Crippen molar-refractivity contribution in [3.8, 4) is 17.2 Å². The molecule has 12 nitrogen and oxygen atoms in total. The van der Waals surface area contributed by atoms with Crippen molar-refractivity contribution in [1.29, 1.82) is 0 Å². The molecule has 3 aliphatic heterocycles. The maximum atomic E-state index is 13.8. The number of benzene rings is 3. The van der Waals surface area contributed by atoms with Gasteiger partial charge in [0.05, 0.1) is 36.8 Å². The number of aryl methyl sites for hydroxylation is 1. The van der Waals surface area contributed by atoms with E-state index in [1.54, 1.807) is 29.4 Å². The van der Waals surface area contributed by atoms with E-state index in [0.717, 1.165) is 33.8 Å². The van der Waals surface area contributed by atoms with Crippen LogP contribution in [0.1, 0.15) is 55.7 Å². The number of hydrogen-bond acceptors (Lipinski definition) is 9. The Morgan fingerprint density at radius 3 is 2.50 bits per heavy atom. The lowest BCUT2D eigenvalue weighted by Gasteiger charge is -2.38. The van der Waals surface area contributed by atoms with Crippen molar-refractivity contribution >= 4 is 11.8 Å². The fourth-order valence-electron chi connectivity index (χ4n) is 5.95. The second kappa shape index (κ2) is 12.8. The average Bonchev–Trinajstić information content (AvgIpc) is 3.64. The van der Waals surface area contributed by atoms with Gasteiger partial charge in [0.25, 0.3) is 11.8 Å². The molecule has 3 aromatic carbocycles. The molecule has 0 saturated carbocycles. The summed E-state index contributed by atoms with van der Waals surface area (Å²) in [6.07, 6.45) is 5.95. The summed E-state index contributed by atoms with van der Waals surface area (Å²) in [4.78, 5) is 39.7. The number of carbonyl (C=O) groups excluding carboxylic acids is 2. The first-order valence-electron chi connectivity index (χ1n) is 15.2. The third-order valence-electron chi connectivity index (χ3n) is 8.26. The lowest BCUT2D eigenvalue weighted by atomic mass is 9.87. The Hall–Kier alpha value is -5.65. The second-order valence-electron chi connectivity index (χ2n) is 11.3. The van der Waals surface area contributed by atoms with Crippen molar-refractivity contribution in [2.24, 2.45) is 0 Å². The molecule has 5 aromatic rings. The van der Waals surface area contributed by atoms with Gasteiger partial charge in [0.2, 0.25) is 0 Å². The van der Waals surface area contributed by atoms with Gasteiger partial charge in [0.1, 0.15) is 30.1 Å². The van der Waals surface area contributed by atoms with Gasteiger partial charge < -0.3 is 19.3 Å². The van der Waals surface area contributed by atoms with Crippen LogP contribution in [0.5, 0.6) is 11.5 Å². The van der Waals surface area contributed by atoms with Gasteiger partial charge in [-0.05, 0) is 95.4 Å². The quantitative estimate of drug-likeness (QED) is 0.297. The van der Waals surface area contributed by atoms with Gasteiger partial charge >= 0.3 is 0 Å². The number of aromatic nitrogens is 6. The number of fused-ring (bicyclic) bond motifs is 8. The fourth-order valence-corrected chi connectivity index (χ4v) is 5.95. The molecular weight excluding hydrogens is 584 g/mol. The van der Waals surface area contributed by atoms with E-state index in [4.69, 9.17) is 9.47 Å². The molecule has 0 saturated heterocycles. The molecule has 46 heavy (non-hydrogen) atoms. The van der Waals surface area contributed by atoms with Crippen LogP contribution in [0.2, 0.25) is 0 Å². The zero-order valence-electron chi connectivity index (χ0n) is 25.3. The Kier molecular flexibility index (Phi) is 8.07. The van der Waals surface area contributed by atoms with Gasteiger partial charge in [-0.15, -0.1) is 5.10 Å². The highest BCUT2D eigenvalue weighted by atomic mass is 16.5. The molecule has 0 spiro atoms. The fraction of sp³-hybridized carbons (Fsp3) is 0.265. The van der Waals surface area contributed by atoms with Crippen LogP contribution in [0.3, 0.4) is 0 Å². The van der Waals surface area contributed by atoms with Crippen molar-refractivity contribution in [1.82, 2.24) is 40.0 Å². The Bertz CT molecular complexity index is 1840. The zero-order valence-corrected chi connectivity index (χ0v) is 25.3. The molecule has 0 N–H and O–H groups in total. The van der Waals surface area contributed by atoms with E-state index >= 15 is 0 Å². The number of amides is 2. The van der Waals surface area contributed by atoms with Gasteiger partial charge in [-0.3, -0.25) is 14.6 Å². The largest absolute Gasteiger partial charge is 0.494 e. The van der Waals surface area contributed by atoms with E-state index in [9.17, 15) is 9.59 Å². The molecule has 1 unspecified atom stereocenters. The Labute approximate surface area is 265 Å². The molecule has 0 radical (unpaired) electrons. The second-order valence-corrected chi connectivity index (χ2v) is 11.3. The topological polar surface area (TPSA) is 128 Å². The first-order chi connectivity index (χ1) is 22.5. The van der Waals surface area contributed by atoms with E-state index in [1.807, 2.05) is 66.4 Å². The van der Waals surface area contributed by atoms with Crippen LogP contribution < -0.4 is 9.47 Å². The molecule has 232 valence electrons. The highest BCUT2D eigenvalue weighted by Crippen LogP contribution is 2.38. The zero-order chi connectivity index (χ0) is 31.5. The van der Waals surface area contributed by atoms with Crippen LogP contribution in [-0.2, 0) is 6.42 Å². The van der Waals surface area contributed by atoms with Gasteiger partial charge in [0.15, 0.2) is 0 Å². The maximum absolute atomic E-state index is 13.8. The minimum Gasteiger partial charge on any atom is -0.494 e. The number of tetrazole rings is 1. The van der Waals surface area contributed by atoms with E-state index in [1.165, 1.54) is 11.0 Å². The lowest BCUT2D eigenvalue weighted by Crippen LogP contribution is -2.41. The van der Waals surface area contributed by atoms with Crippen LogP contribution in [0.15, 0.2) is 85.5 Å². The SMILES string of the molecule is Cc1cnc(C(=O)N2CCc3cc4ccc3C2c2cccc(c2)OCCCN(C(=O)c2ccc(-n3cnnn3)cc2)CCO4)cn1. The van der Waals surface area contributed by atoms with E-state index in [-0.39, 0.29) is 17.9 Å². The minimum absolute atomic E-state index is 0.0914. The number of hydrogen-bond donors (Lipinski definition) is 0. The third-order valence-corrected chi connectivity index (χ3v) is 8.26. The summed E-state index contributed by atoms with van der Waals surface area (Å²) >= 11 is 0. The Morgan fingerprint density at radius 1 is 0.848 bits per heavy atom. The first-order valence-corrected chi connectivity index (χ1v) is 15.2. The molecule has 0 aliphatic carbocycles. The maximum Gasteiger partial charge on any atom is 0.274 e. The highest BCUT2D eigenvalue weighted by Gasteiger charge is 2.34. The monoisotopic (exact) mass is 616 g/mol. The smallest absolute Gasteiger partial charge is 0.274 e. The molecule has 12 heteroatoms. The molecule has 2 aromatic heterocycles. The standard InChI is InChI=1S/C34H32N8O4/c1-23-20-36-31(21-35-23)34(44)41-14-12-25-18-29-10-11-30(25)32(41)26-4-2-5-28(19-26)45-16-3-13-40(15-17-46-29)33(43)24-6-8-27(9-7-24)42-22-37-38-39-42/h2,4-11,18-22,32H,3,12-17H2,1H3. The van der Waals surface area contributed by atoms with Crippen LogP contribution >= 0.6 is 0 Å². The molecule has 6 bridgehead atoms. The van der Waals surface area contributed by atoms with Crippen molar-refractivity contribution in [3.63, 3.8) is 0 Å². The van der Waals surface area contributed by atoms with Gasteiger partial charge in [-0.2, -0.15) is 0 Å². The summed E-state index contributed by atoms with van der Waals surface area (Å²) in [6.45, 7) is 3.99. The number of nitrogens with zero attached hydrogens (tertiary/aromatic N) is 8. The number of rotatable bonds is 3. The van der Waals surface area contributed by atoms with Gasteiger partial charge in [-0.1, -0.05) is 18.2 Å². The summed E-state index contributed by atoms with van der Waals surface area (Å²) in [5.41, 5.74) is 5.47. The molecule has 5 heterocycles. The lowest BCUT2D eigenvalue weighted by molar-refractivity contribution is 0.0684. The molecule has 3 aliphatic rings. The molecule has 1 atom stereocenters. The van der Waals surface area contributed by atoms with Gasteiger partial charge in [-0.25, -0.2) is 9.67 Å². The molecular formula is C34H32N8O4. The van der Waals surface area contributed by atoms with Crippen LogP contribution in [0.4, 0.5) is 0 Å². The number of carbonyl (C=O) groups is 2. The summed E-state index contributed by atoms with van der Waals surface area (Å²) < 4.78 is 13.9. The first kappa shape index (κ1) is 29.1. The molecule has 8 rings (SSSR count). The summed E-state index contributed by atoms with van der Waals surface area (Å²) in [5.74, 6) is 1.17. The highest BCUT2D eigenvalue weighted by molar-refractivity contribution is 5.94. The Balaban J connectivity index is 1.15. The summed E-state index contributed by atoms with van der Waals surface area (Å²) in [7, 11) is 0. The molecule has 0 fully saturated rings. The predicted molar refractivity (Wildman–Crippen MR) is 167 cm³/mol. The molecule has 2 amide bonds. The van der Waals surface area contributed by atoms with Gasteiger partial charge in [0, 0.05) is 24.8 Å². The minimum atomic E-state index is -0.329. The van der Waals surface area contributed by atoms with Crippen molar-refractivity contribution in [3.05, 3.63) is 119 Å². The summed E-state index contributed by atoms with van der Waals surface area (Å²) in [6, 6.07) is 20.7. The van der Waals surface area contributed by atoms with E-state index in [0.29, 0.717) is 62.7 Å². The van der Waals surface area contributed by atoms with Crippen molar-refractivity contribution in [2.75, 3.05) is 32.8 Å². The van der Waals surface area contributed by atoms with Crippen molar-refractivity contribution < 1.29 is 19.1 Å². The summed E-state index contributed by atoms with van der Waals surface area (Å²) in [5, 5.41) is 11.2. The Morgan fingerprint density at radius 2 is 1.70 bits per heavy atom. The van der Waals surface area contributed by atoms with Crippen LogP contribution in [0.25, 0.3) is 5.69 Å². The van der Waals surface area contributed by atoms with E-state index < -0.39 is 0 Å². The van der Waals surface area contributed by atoms with E-state index in [2.05, 4.69) is 25.5 Å². The normalized spacial score (nSPS) is 16.4. The van der Waals surface area contributed by atoms with Crippen LogP contribution in [-0.4, -0.2) is 84.6 Å². The predicted octanol–water partition coefficient (Wildman–Crippen LogP) is 3.85. The van der Waals surface area contributed by atoms with Crippen LogP contribution in [0, 0.1) is 6.92 Å².